The Morgan fingerprint density at radius 2 is 2.10 bits per heavy atom. The van der Waals surface area contributed by atoms with E-state index in [1.165, 1.54) is 12.8 Å². The number of anilines is 1. The fraction of sp³-hybridized carbons (Fsp3) is 0.562. The molecule has 2 rings (SSSR count). The van der Waals surface area contributed by atoms with Gasteiger partial charge in [-0.15, -0.1) is 0 Å². The average molecular weight is 275 g/mol. The molecule has 0 bridgehead atoms. The van der Waals surface area contributed by atoms with Gasteiger partial charge in [0.25, 0.3) is 5.91 Å². The van der Waals surface area contributed by atoms with Crippen LogP contribution in [0.4, 0.5) is 5.69 Å². The van der Waals surface area contributed by atoms with Gasteiger partial charge >= 0.3 is 0 Å². The molecule has 0 aromatic heterocycles. The van der Waals surface area contributed by atoms with Gasteiger partial charge in [0.2, 0.25) is 0 Å². The van der Waals surface area contributed by atoms with Crippen molar-refractivity contribution >= 4 is 11.6 Å². The Hall–Kier alpha value is -1.55. The lowest BCUT2D eigenvalue weighted by atomic mass is 9.73. The quantitative estimate of drug-likeness (QED) is 0.587. The first kappa shape index (κ1) is 14.9. The fourth-order valence-corrected chi connectivity index (χ4v) is 2.97. The van der Waals surface area contributed by atoms with Gasteiger partial charge in [-0.05, 0) is 37.3 Å². The predicted octanol–water partition coefficient (Wildman–Crippen LogP) is 2.98. The van der Waals surface area contributed by atoms with E-state index in [0.717, 1.165) is 18.4 Å². The molecule has 4 heteroatoms. The van der Waals surface area contributed by atoms with E-state index in [1.807, 2.05) is 25.1 Å². The molecule has 20 heavy (non-hydrogen) atoms. The molecule has 110 valence electrons. The van der Waals surface area contributed by atoms with Crippen molar-refractivity contribution in [2.75, 3.05) is 5.43 Å². The maximum absolute atomic E-state index is 12.5. The fourth-order valence-electron chi connectivity index (χ4n) is 2.97. The highest BCUT2D eigenvalue weighted by molar-refractivity contribution is 6.00. The normalized spacial score (nSPS) is 21.3. The van der Waals surface area contributed by atoms with Crippen molar-refractivity contribution in [3.63, 3.8) is 0 Å². The molecule has 4 nitrogen and oxygen atoms in total. The largest absolute Gasteiger partial charge is 0.349 e. The minimum atomic E-state index is -0.0402. The number of rotatable bonds is 3. The van der Waals surface area contributed by atoms with E-state index in [1.54, 1.807) is 0 Å². The van der Waals surface area contributed by atoms with Crippen LogP contribution in [-0.4, -0.2) is 11.9 Å². The molecule has 1 amide bonds. The Labute approximate surface area is 121 Å². The number of nitrogen functional groups attached to an aromatic ring is 1. The van der Waals surface area contributed by atoms with E-state index < -0.39 is 0 Å². The molecule has 0 aliphatic heterocycles. The van der Waals surface area contributed by atoms with Crippen LogP contribution in [0.1, 0.15) is 55.5 Å². The molecular formula is C16H25N3O. The van der Waals surface area contributed by atoms with Crippen molar-refractivity contribution in [3.8, 4) is 0 Å². The van der Waals surface area contributed by atoms with E-state index in [9.17, 15) is 4.79 Å². The molecule has 1 unspecified atom stereocenters. The third-order valence-electron chi connectivity index (χ3n) is 4.39. The standard InChI is InChI=1S/C16H25N3O/c1-11-7-8-13(19-17)12(10-11)15(20)18-14-6-4-5-9-16(14,2)3/h7-8,10,14,19H,4-6,9,17H2,1-3H3,(H,18,20). The summed E-state index contributed by atoms with van der Waals surface area (Å²) >= 11 is 0. The van der Waals surface area contributed by atoms with Crippen molar-refractivity contribution in [1.29, 1.82) is 0 Å². The van der Waals surface area contributed by atoms with Crippen LogP contribution in [0, 0.1) is 12.3 Å². The molecule has 4 N–H and O–H groups in total. The zero-order valence-electron chi connectivity index (χ0n) is 12.6. The first-order valence-corrected chi connectivity index (χ1v) is 7.32. The minimum Gasteiger partial charge on any atom is -0.349 e. The van der Waals surface area contributed by atoms with Gasteiger partial charge in [-0.1, -0.05) is 38.3 Å². The highest BCUT2D eigenvalue weighted by atomic mass is 16.1. The van der Waals surface area contributed by atoms with Gasteiger partial charge in [0.1, 0.15) is 0 Å². The summed E-state index contributed by atoms with van der Waals surface area (Å²) in [7, 11) is 0. The molecule has 1 aliphatic rings. The van der Waals surface area contributed by atoms with Crippen LogP contribution in [0.5, 0.6) is 0 Å². The summed E-state index contributed by atoms with van der Waals surface area (Å²) in [6, 6.07) is 5.89. The second-order valence-corrected chi connectivity index (χ2v) is 6.45. The number of carbonyl (C=O) groups excluding carboxylic acids is 1. The molecule has 1 fully saturated rings. The van der Waals surface area contributed by atoms with Crippen molar-refractivity contribution in [3.05, 3.63) is 29.3 Å². The summed E-state index contributed by atoms with van der Waals surface area (Å²) < 4.78 is 0. The highest BCUT2D eigenvalue weighted by Gasteiger charge is 2.33. The maximum atomic E-state index is 12.5. The summed E-state index contributed by atoms with van der Waals surface area (Å²) in [5.74, 6) is 5.45. The van der Waals surface area contributed by atoms with E-state index in [-0.39, 0.29) is 17.4 Å². The zero-order valence-corrected chi connectivity index (χ0v) is 12.6. The van der Waals surface area contributed by atoms with Crippen LogP contribution in [0.15, 0.2) is 18.2 Å². The number of carbonyl (C=O) groups is 1. The van der Waals surface area contributed by atoms with Gasteiger partial charge in [0, 0.05) is 6.04 Å². The Kier molecular flexibility index (Phi) is 4.33. The number of nitrogens with two attached hydrogens (primary N) is 1. The minimum absolute atomic E-state index is 0.0402. The van der Waals surface area contributed by atoms with Gasteiger partial charge in [0.05, 0.1) is 11.3 Å². The average Bonchev–Trinajstić information content (AvgIpc) is 2.41. The first-order chi connectivity index (χ1) is 9.44. The number of benzene rings is 1. The third-order valence-corrected chi connectivity index (χ3v) is 4.39. The van der Waals surface area contributed by atoms with Crippen LogP contribution in [0.2, 0.25) is 0 Å². The van der Waals surface area contributed by atoms with E-state index >= 15 is 0 Å². The topological polar surface area (TPSA) is 67.1 Å². The van der Waals surface area contributed by atoms with Crippen molar-refractivity contribution in [2.24, 2.45) is 11.3 Å². The van der Waals surface area contributed by atoms with Crippen molar-refractivity contribution in [1.82, 2.24) is 5.32 Å². The number of nitrogens with one attached hydrogen (secondary N) is 2. The summed E-state index contributed by atoms with van der Waals surface area (Å²) in [6.07, 6.45) is 4.65. The molecule has 1 atom stereocenters. The second kappa shape index (κ2) is 5.83. The number of hydrogen-bond donors (Lipinski definition) is 3. The lowest BCUT2D eigenvalue weighted by Crippen LogP contribution is -2.47. The summed E-state index contributed by atoms with van der Waals surface area (Å²) in [5, 5.41) is 3.19. The number of hydrazine groups is 1. The molecule has 0 radical (unpaired) electrons. The third kappa shape index (κ3) is 3.12. The summed E-state index contributed by atoms with van der Waals surface area (Å²) in [6.45, 7) is 6.44. The maximum Gasteiger partial charge on any atom is 0.253 e. The first-order valence-electron chi connectivity index (χ1n) is 7.32. The molecule has 1 saturated carbocycles. The van der Waals surface area contributed by atoms with Crippen LogP contribution in [-0.2, 0) is 0 Å². The molecule has 1 aromatic carbocycles. The SMILES string of the molecule is Cc1ccc(NN)c(C(=O)NC2CCCCC2(C)C)c1. The molecule has 1 aromatic rings. The van der Waals surface area contributed by atoms with Crippen molar-refractivity contribution in [2.45, 2.75) is 52.5 Å². The Morgan fingerprint density at radius 1 is 1.35 bits per heavy atom. The number of aryl methyl sites for hydroxylation is 1. The van der Waals surface area contributed by atoms with Gasteiger partial charge in [-0.2, -0.15) is 0 Å². The predicted molar refractivity (Wildman–Crippen MR) is 82.5 cm³/mol. The smallest absolute Gasteiger partial charge is 0.253 e. The molecular weight excluding hydrogens is 250 g/mol. The Bertz CT molecular complexity index is 496. The number of amides is 1. The Morgan fingerprint density at radius 3 is 2.75 bits per heavy atom. The van der Waals surface area contributed by atoms with Crippen molar-refractivity contribution < 1.29 is 4.79 Å². The van der Waals surface area contributed by atoms with Gasteiger partial charge in [0.15, 0.2) is 0 Å². The Balaban J connectivity index is 2.17. The summed E-state index contributed by atoms with van der Waals surface area (Å²) in [4.78, 5) is 12.5. The molecule has 0 heterocycles. The number of hydrogen-bond acceptors (Lipinski definition) is 3. The second-order valence-electron chi connectivity index (χ2n) is 6.45. The van der Waals surface area contributed by atoms with E-state index in [0.29, 0.717) is 11.3 Å². The summed E-state index contributed by atoms with van der Waals surface area (Å²) in [5.41, 5.74) is 5.10. The molecule has 1 aliphatic carbocycles. The van der Waals surface area contributed by atoms with Crippen LogP contribution in [0.3, 0.4) is 0 Å². The zero-order chi connectivity index (χ0) is 14.8. The monoisotopic (exact) mass is 275 g/mol. The van der Waals surface area contributed by atoms with Gasteiger partial charge in [-0.3, -0.25) is 10.6 Å². The van der Waals surface area contributed by atoms with Gasteiger partial charge < -0.3 is 10.7 Å². The van der Waals surface area contributed by atoms with E-state index in [2.05, 4.69) is 24.6 Å². The molecule has 0 spiro atoms. The van der Waals surface area contributed by atoms with Crippen LogP contribution in [0.25, 0.3) is 0 Å². The lowest BCUT2D eigenvalue weighted by molar-refractivity contribution is 0.0854. The highest BCUT2D eigenvalue weighted by Crippen LogP contribution is 2.35. The van der Waals surface area contributed by atoms with Crippen LogP contribution >= 0.6 is 0 Å². The molecule has 0 saturated heterocycles. The van der Waals surface area contributed by atoms with Crippen LogP contribution < -0.4 is 16.6 Å². The van der Waals surface area contributed by atoms with E-state index in [4.69, 9.17) is 5.84 Å². The van der Waals surface area contributed by atoms with Gasteiger partial charge in [-0.25, -0.2) is 0 Å². The lowest BCUT2D eigenvalue weighted by Gasteiger charge is -2.39.